The number of nitrogens with one attached hydrogen (secondary N) is 1. The molecule has 8 heteroatoms. The van der Waals surface area contributed by atoms with Gasteiger partial charge >= 0.3 is 12.1 Å². The topological polar surface area (TPSA) is 80.8 Å². The number of benzene rings is 1. The van der Waals surface area contributed by atoms with E-state index in [1.165, 1.54) is 12.0 Å². The fraction of sp³-hybridized carbons (Fsp3) is 0.316. The maximum absolute atomic E-state index is 12.5. The SMILES string of the molecule is COC(=O)[C@@H]1C[C@H](Nc2cccc(Br)n2)CN1C(=O)OCc1ccccc1. The van der Waals surface area contributed by atoms with Gasteiger partial charge in [-0.3, -0.25) is 4.90 Å². The van der Waals surface area contributed by atoms with Gasteiger partial charge in [0.05, 0.1) is 7.11 Å². The van der Waals surface area contributed by atoms with E-state index < -0.39 is 18.1 Å². The third-order valence-corrected chi connectivity index (χ3v) is 4.72. The van der Waals surface area contributed by atoms with E-state index >= 15 is 0 Å². The molecule has 142 valence electrons. The van der Waals surface area contributed by atoms with Crippen molar-refractivity contribution in [2.24, 2.45) is 0 Å². The van der Waals surface area contributed by atoms with Gasteiger partial charge in [-0.05, 0) is 33.6 Å². The van der Waals surface area contributed by atoms with Crippen LogP contribution in [0.5, 0.6) is 0 Å². The van der Waals surface area contributed by atoms with Crippen LogP contribution in [0.15, 0.2) is 53.1 Å². The first-order valence-corrected chi connectivity index (χ1v) is 9.30. The van der Waals surface area contributed by atoms with Gasteiger partial charge in [-0.1, -0.05) is 36.4 Å². The second-order valence-corrected chi connectivity index (χ2v) is 6.97. The molecular weight excluding hydrogens is 414 g/mol. The molecule has 1 N–H and O–H groups in total. The van der Waals surface area contributed by atoms with Gasteiger partial charge < -0.3 is 14.8 Å². The van der Waals surface area contributed by atoms with E-state index in [9.17, 15) is 9.59 Å². The van der Waals surface area contributed by atoms with Crippen molar-refractivity contribution in [2.75, 3.05) is 19.0 Å². The summed E-state index contributed by atoms with van der Waals surface area (Å²) in [4.78, 5) is 30.4. The summed E-state index contributed by atoms with van der Waals surface area (Å²) in [6.07, 6.45) is -0.123. The lowest BCUT2D eigenvalue weighted by Gasteiger charge is -2.21. The fourth-order valence-corrected chi connectivity index (χ4v) is 3.35. The molecule has 1 fully saturated rings. The third kappa shape index (κ3) is 4.97. The van der Waals surface area contributed by atoms with Crippen LogP contribution >= 0.6 is 15.9 Å². The smallest absolute Gasteiger partial charge is 0.410 e. The maximum atomic E-state index is 12.5. The molecule has 0 spiro atoms. The van der Waals surface area contributed by atoms with Crippen molar-refractivity contribution in [1.82, 2.24) is 9.88 Å². The van der Waals surface area contributed by atoms with Crippen LogP contribution in [0.1, 0.15) is 12.0 Å². The first kappa shape index (κ1) is 19.2. The zero-order chi connectivity index (χ0) is 19.2. The molecule has 0 bridgehead atoms. The van der Waals surface area contributed by atoms with Gasteiger partial charge in [-0.2, -0.15) is 0 Å². The molecule has 1 aliphatic rings. The Morgan fingerprint density at radius 1 is 1.22 bits per heavy atom. The lowest BCUT2D eigenvalue weighted by Crippen LogP contribution is -2.41. The van der Waals surface area contributed by atoms with Gasteiger partial charge in [0.2, 0.25) is 0 Å². The summed E-state index contributed by atoms with van der Waals surface area (Å²) in [5.74, 6) is 0.204. The molecule has 1 aliphatic heterocycles. The number of hydrogen-bond acceptors (Lipinski definition) is 6. The van der Waals surface area contributed by atoms with E-state index in [2.05, 4.69) is 26.2 Å². The van der Waals surface area contributed by atoms with Crippen LogP contribution in [0.3, 0.4) is 0 Å². The number of likely N-dealkylation sites (tertiary alicyclic amines) is 1. The lowest BCUT2D eigenvalue weighted by molar-refractivity contribution is -0.145. The number of aromatic nitrogens is 1. The molecule has 2 atom stereocenters. The van der Waals surface area contributed by atoms with Gasteiger partial charge in [0.15, 0.2) is 0 Å². The summed E-state index contributed by atoms with van der Waals surface area (Å²) < 4.78 is 10.9. The van der Waals surface area contributed by atoms with Crippen molar-refractivity contribution in [2.45, 2.75) is 25.1 Å². The maximum Gasteiger partial charge on any atom is 0.410 e. The largest absolute Gasteiger partial charge is 0.467 e. The molecule has 1 saturated heterocycles. The number of nitrogens with zero attached hydrogens (tertiary/aromatic N) is 2. The van der Waals surface area contributed by atoms with E-state index in [-0.39, 0.29) is 12.6 Å². The number of pyridine rings is 1. The molecule has 2 heterocycles. The average molecular weight is 434 g/mol. The Hall–Kier alpha value is -2.61. The monoisotopic (exact) mass is 433 g/mol. The van der Waals surface area contributed by atoms with Crippen molar-refractivity contribution >= 4 is 33.8 Å². The van der Waals surface area contributed by atoms with Crippen molar-refractivity contribution in [1.29, 1.82) is 0 Å². The second-order valence-electron chi connectivity index (χ2n) is 6.15. The standard InChI is InChI=1S/C19H20BrN3O4/c1-26-18(24)15-10-14(21-17-9-5-8-16(20)22-17)11-23(15)19(25)27-12-13-6-3-2-4-7-13/h2-9,14-15H,10-12H2,1H3,(H,21,22)/t14-,15-/m0/s1. The van der Waals surface area contributed by atoms with Gasteiger partial charge in [0.25, 0.3) is 0 Å². The Bertz CT molecular complexity index is 803. The molecule has 1 aromatic heterocycles. The Balaban J connectivity index is 1.66. The molecule has 0 aliphatic carbocycles. The molecule has 0 unspecified atom stereocenters. The van der Waals surface area contributed by atoms with Crippen molar-refractivity contribution in [3.8, 4) is 0 Å². The summed E-state index contributed by atoms with van der Waals surface area (Å²) >= 11 is 3.33. The molecule has 27 heavy (non-hydrogen) atoms. The van der Waals surface area contributed by atoms with Gasteiger partial charge in [-0.15, -0.1) is 0 Å². The fourth-order valence-electron chi connectivity index (χ4n) is 3.00. The minimum atomic E-state index is -0.692. The number of rotatable bonds is 5. The minimum Gasteiger partial charge on any atom is -0.467 e. The number of carbonyl (C=O) groups is 2. The Labute approximate surface area is 165 Å². The number of esters is 1. The quantitative estimate of drug-likeness (QED) is 0.575. The van der Waals surface area contributed by atoms with Gasteiger partial charge in [0, 0.05) is 19.0 Å². The molecule has 7 nitrogen and oxygen atoms in total. The average Bonchev–Trinajstić information content (AvgIpc) is 3.10. The normalized spacial score (nSPS) is 18.8. The third-order valence-electron chi connectivity index (χ3n) is 4.28. The number of carbonyl (C=O) groups excluding carboxylic acids is 2. The van der Waals surface area contributed by atoms with Crippen LogP contribution in [0, 0.1) is 0 Å². The summed E-state index contributed by atoms with van der Waals surface area (Å²) in [7, 11) is 1.31. The summed E-state index contributed by atoms with van der Waals surface area (Å²) in [5, 5.41) is 3.25. The van der Waals surface area contributed by atoms with E-state index in [0.29, 0.717) is 23.4 Å². The number of amides is 1. The minimum absolute atomic E-state index is 0.139. The predicted octanol–water partition coefficient (Wildman–Crippen LogP) is 3.21. The summed E-state index contributed by atoms with van der Waals surface area (Å²) in [6.45, 7) is 0.469. The van der Waals surface area contributed by atoms with Crippen LogP contribution in [0.2, 0.25) is 0 Å². The van der Waals surface area contributed by atoms with Crippen LogP contribution < -0.4 is 5.32 Å². The molecule has 1 aromatic carbocycles. The summed E-state index contributed by atoms with van der Waals surface area (Å²) in [6, 6.07) is 14.1. The molecule has 3 rings (SSSR count). The van der Waals surface area contributed by atoms with Crippen LogP contribution in [-0.4, -0.2) is 47.7 Å². The van der Waals surface area contributed by atoms with E-state index in [0.717, 1.165) is 5.56 Å². The molecule has 2 aromatic rings. The first-order valence-electron chi connectivity index (χ1n) is 8.51. The van der Waals surface area contributed by atoms with Crippen LogP contribution in [0.25, 0.3) is 0 Å². The number of halogens is 1. The highest BCUT2D eigenvalue weighted by molar-refractivity contribution is 9.10. The lowest BCUT2D eigenvalue weighted by atomic mass is 10.1. The Kier molecular flexibility index (Phi) is 6.28. The van der Waals surface area contributed by atoms with E-state index in [1.807, 2.05) is 48.5 Å². The molecule has 0 radical (unpaired) electrons. The highest BCUT2D eigenvalue weighted by atomic mass is 79.9. The first-order chi connectivity index (χ1) is 13.1. The number of anilines is 1. The molecular formula is C19H20BrN3O4. The second kappa shape index (κ2) is 8.85. The van der Waals surface area contributed by atoms with Gasteiger partial charge in [0.1, 0.15) is 23.1 Å². The highest BCUT2D eigenvalue weighted by Gasteiger charge is 2.41. The van der Waals surface area contributed by atoms with Crippen LogP contribution in [-0.2, 0) is 20.9 Å². The van der Waals surface area contributed by atoms with Crippen molar-refractivity contribution < 1.29 is 19.1 Å². The van der Waals surface area contributed by atoms with E-state index in [1.54, 1.807) is 0 Å². The number of hydrogen-bond donors (Lipinski definition) is 1. The van der Waals surface area contributed by atoms with E-state index in [4.69, 9.17) is 9.47 Å². The van der Waals surface area contributed by atoms with Crippen molar-refractivity contribution in [3.05, 3.63) is 58.7 Å². The zero-order valence-electron chi connectivity index (χ0n) is 14.8. The molecule has 0 saturated carbocycles. The zero-order valence-corrected chi connectivity index (χ0v) is 16.4. The Morgan fingerprint density at radius 3 is 2.70 bits per heavy atom. The predicted molar refractivity (Wildman–Crippen MR) is 103 cm³/mol. The van der Waals surface area contributed by atoms with Gasteiger partial charge in [-0.25, -0.2) is 14.6 Å². The molecule has 1 amide bonds. The highest BCUT2D eigenvalue weighted by Crippen LogP contribution is 2.23. The summed E-state index contributed by atoms with van der Waals surface area (Å²) in [5.41, 5.74) is 0.882. The van der Waals surface area contributed by atoms with Crippen LogP contribution in [0.4, 0.5) is 10.6 Å². The Morgan fingerprint density at radius 2 is 2.00 bits per heavy atom. The number of ether oxygens (including phenoxy) is 2. The number of methoxy groups -OCH3 is 1. The van der Waals surface area contributed by atoms with Crippen molar-refractivity contribution in [3.63, 3.8) is 0 Å².